The minimum atomic E-state index is -3.89. The van der Waals surface area contributed by atoms with Gasteiger partial charge in [-0.2, -0.15) is 0 Å². The molecule has 0 saturated carbocycles. The number of sulfonamides is 1. The number of carbonyl (C=O) groups excluding carboxylic acids is 1. The number of halogens is 1. The van der Waals surface area contributed by atoms with Gasteiger partial charge in [0.25, 0.3) is 0 Å². The third-order valence-electron chi connectivity index (χ3n) is 3.53. The summed E-state index contributed by atoms with van der Waals surface area (Å²) in [7, 11) is -3.89. The SMILES string of the molecule is CCN(C(=O)CNS(=O)(=O)c1ccc(F)cc1C)c1ccccc1. The van der Waals surface area contributed by atoms with Gasteiger partial charge >= 0.3 is 0 Å². The van der Waals surface area contributed by atoms with Crippen LogP contribution in [0, 0.1) is 12.7 Å². The molecule has 0 atom stereocenters. The quantitative estimate of drug-likeness (QED) is 0.870. The lowest BCUT2D eigenvalue weighted by Crippen LogP contribution is -2.40. The summed E-state index contributed by atoms with van der Waals surface area (Å²) in [5.41, 5.74) is 0.979. The fourth-order valence-corrected chi connectivity index (χ4v) is 3.55. The van der Waals surface area contributed by atoms with Crippen molar-refractivity contribution in [1.82, 2.24) is 4.72 Å². The maximum absolute atomic E-state index is 13.1. The first-order chi connectivity index (χ1) is 11.3. The number of anilines is 1. The van der Waals surface area contributed by atoms with Gasteiger partial charge in [-0.3, -0.25) is 4.79 Å². The van der Waals surface area contributed by atoms with Crippen LogP contribution in [0.15, 0.2) is 53.4 Å². The Morgan fingerprint density at radius 2 is 1.83 bits per heavy atom. The molecule has 0 aliphatic carbocycles. The molecule has 0 aromatic heterocycles. The van der Waals surface area contributed by atoms with E-state index in [1.165, 1.54) is 17.9 Å². The molecule has 7 heteroatoms. The molecule has 0 aliphatic rings. The van der Waals surface area contributed by atoms with Crippen molar-refractivity contribution in [2.45, 2.75) is 18.7 Å². The molecule has 0 heterocycles. The molecule has 1 amide bonds. The average molecular weight is 350 g/mol. The van der Waals surface area contributed by atoms with Gasteiger partial charge in [0.1, 0.15) is 5.82 Å². The Hall–Kier alpha value is -2.25. The number of benzene rings is 2. The number of hydrogen-bond acceptors (Lipinski definition) is 3. The minimum absolute atomic E-state index is 0.0422. The van der Waals surface area contributed by atoms with E-state index in [9.17, 15) is 17.6 Å². The number of nitrogens with one attached hydrogen (secondary N) is 1. The molecule has 0 unspecified atom stereocenters. The highest BCUT2D eigenvalue weighted by Gasteiger charge is 2.20. The Kier molecular flexibility index (Phi) is 5.69. The lowest BCUT2D eigenvalue weighted by Gasteiger charge is -2.21. The summed E-state index contributed by atoms with van der Waals surface area (Å²) in [6.45, 7) is 3.35. The molecule has 2 aromatic carbocycles. The van der Waals surface area contributed by atoms with Gasteiger partial charge in [-0.25, -0.2) is 17.5 Å². The highest BCUT2D eigenvalue weighted by atomic mass is 32.2. The van der Waals surface area contributed by atoms with Crippen molar-refractivity contribution in [3.05, 3.63) is 59.9 Å². The van der Waals surface area contributed by atoms with Crippen LogP contribution in [0.3, 0.4) is 0 Å². The Labute approximate surface area is 141 Å². The molecule has 24 heavy (non-hydrogen) atoms. The second-order valence-electron chi connectivity index (χ2n) is 5.21. The summed E-state index contributed by atoms with van der Waals surface area (Å²) < 4.78 is 40.0. The van der Waals surface area contributed by atoms with E-state index in [-0.39, 0.29) is 22.9 Å². The molecule has 2 rings (SSSR count). The Morgan fingerprint density at radius 3 is 2.42 bits per heavy atom. The highest BCUT2D eigenvalue weighted by molar-refractivity contribution is 7.89. The Balaban J connectivity index is 2.12. The number of likely N-dealkylation sites (N-methyl/N-ethyl adjacent to an activating group) is 1. The second-order valence-corrected chi connectivity index (χ2v) is 6.94. The molecule has 5 nitrogen and oxygen atoms in total. The van der Waals surface area contributed by atoms with Crippen molar-refractivity contribution < 1.29 is 17.6 Å². The molecule has 0 radical (unpaired) electrons. The molecule has 2 aromatic rings. The zero-order chi connectivity index (χ0) is 17.7. The topological polar surface area (TPSA) is 66.5 Å². The molecule has 0 bridgehead atoms. The first-order valence-electron chi connectivity index (χ1n) is 7.46. The van der Waals surface area contributed by atoms with Crippen molar-refractivity contribution in [1.29, 1.82) is 0 Å². The molecule has 1 N–H and O–H groups in total. The highest BCUT2D eigenvalue weighted by Crippen LogP contribution is 2.16. The molecule has 0 aliphatic heterocycles. The van der Waals surface area contributed by atoms with Crippen molar-refractivity contribution in [3.63, 3.8) is 0 Å². The molecule has 0 saturated heterocycles. The van der Waals surface area contributed by atoms with E-state index in [1.807, 2.05) is 13.0 Å². The van der Waals surface area contributed by atoms with E-state index in [0.717, 1.165) is 12.1 Å². The van der Waals surface area contributed by atoms with Gasteiger partial charge in [0, 0.05) is 12.2 Å². The van der Waals surface area contributed by atoms with Gasteiger partial charge in [-0.1, -0.05) is 18.2 Å². The zero-order valence-electron chi connectivity index (χ0n) is 13.5. The van der Waals surface area contributed by atoms with Crippen LogP contribution in [0.25, 0.3) is 0 Å². The summed E-state index contributed by atoms with van der Waals surface area (Å²) in [6, 6.07) is 12.4. The van der Waals surface area contributed by atoms with Crippen molar-refractivity contribution in [2.24, 2.45) is 0 Å². The van der Waals surface area contributed by atoms with E-state index >= 15 is 0 Å². The number of aryl methyl sites for hydroxylation is 1. The van der Waals surface area contributed by atoms with Gasteiger partial charge in [0.05, 0.1) is 11.4 Å². The van der Waals surface area contributed by atoms with Crippen LogP contribution in [0.1, 0.15) is 12.5 Å². The fraction of sp³-hybridized carbons (Fsp3) is 0.235. The number of carbonyl (C=O) groups is 1. The number of hydrogen-bond donors (Lipinski definition) is 1. The second kappa shape index (κ2) is 7.55. The summed E-state index contributed by atoms with van der Waals surface area (Å²) >= 11 is 0. The Morgan fingerprint density at radius 1 is 1.17 bits per heavy atom. The minimum Gasteiger partial charge on any atom is -0.312 e. The van der Waals surface area contributed by atoms with E-state index in [4.69, 9.17) is 0 Å². The zero-order valence-corrected chi connectivity index (χ0v) is 14.3. The third kappa shape index (κ3) is 4.18. The summed E-state index contributed by atoms with van der Waals surface area (Å²) in [4.78, 5) is 13.8. The molecule has 0 fully saturated rings. The first-order valence-corrected chi connectivity index (χ1v) is 8.94. The van der Waals surface area contributed by atoms with E-state index in [2.05, 4.69) is 4.72 Å². The van der Waals surface area contributed by atoms with Crippen LogP contribution in [0.4, 0.5) is 10.1 Å². The lowest BCUT2D eigenvalue weighted by molar-refractivity contribution is -0.117. The molecule has 128 valence electrons. The monoisotopic (exact) mass is 350 g/mol. The third-order valence-corrected chi connectivity index (χ3v) is 5.09. The lowest BCUT2D eigenvalue weighted by atomic mass is 10.2. The summed E-state index contributed by atoms with van der Waals surface area (Å²) in [5, 5.41) is 0. The van der Waals surface area contributed by atoms with Crippen molar-refractivity contribution >= 4 is 21.6 Å². The van der Waals surface area contributed by atoms with E-state index in [1.54, 1.807) is 24.3 Å². The maximum Gasteiger partial charge on any atom is 0.242 e. The van der Waals surface area contributed by atoms with Gasteiger partial charge in [0.15, 0.2) is 0 Å². The van der Waals surface area contributed by atoms with Crippen molar-refractivity contribution in [2.75, 3.05) is 18.0 Å². The smallest absolute Gasteiger partial charge is 0.242 e. The normalized spacial score (nSPS) is 11.3. The van der Waals surface area contributed by atoms with Crippen molar-refractivity contribution in [3.8, 4) is 0 Å². The van der Waals surface area contributed by atoms with Gasteiger partial charge < -0.3 is 4.90 Å². The van der Waals surface area contributed by atoms with Gasteiger partial charge in [0.2, 0.25) is 15.9 Å². The number of nitrogens with zero attached hydrogens (tertiary/aromatic N) is 1. The standard InChI is InChI=1S/C17H19FN2O3S/c1-3-20(15-7-5-4-6-8-15)17(21)12-19-24(22,23)16-10-9-14(18)11-13(16)2/h4-11,19H,3,12H2,1-2H3. The van der Waals surface area contributed by atoms with Crippen LogP contribution in [0.2, 0.25) is 0 Å². The summed E-state index contributed by atoms with van der Waals surface area (Å²) in [6.07, 6.45) is 0. The van der Waals surface area contributed by atoms with Crippen LogP contribution in [0.5, 0.6) is 0 Å². The molecular weight excluding hydrogens is 331 g/mol. The number of para-hydroxylation sites is 1. The predicted molar refractivity (Wildman–Crippen MR) is 90.8 cm³/mol. The van der Waals surface area contributed by atoms with Crippen LogP contribution < -0.4 is 9.62 Å². The fourth-order valence-electron chi connectivity index (χ4n) is 2.36. The summed E-state index contributed by atoms with van der Waals surface area (Å²) in [5.74, 6) is -0.879. The van der Waals surface area contributed by atoms with Crippen LogP contribution >= 0.6 is 0 Å². The molecular formula is C17H19FN2O3S. The largest absolute Gasteiger partial charge is 0.312 e. The number of amides is 1. The van der Waals surface area contributed by atoms with Gasteiger partial charge in [-0.15, -0.1) is 0 Å². The molecule has 0 spiro atoms. The average Bonchev–Trinajstić information content (AvgIpc) is 2.54. The van der Waals surface area contributed by atoms with Crippen LogP contribution in [-0.4, -0.2) is 27.4 Å². The predicted octanol–water partition coefficient (Wildman–Crippen LogP) is 2.47. The van der Waals surface area contributed by atoms with E-state index < -0.39 is 15.8 Å². The first kappa shape index (κ1) is 18.1. The van der Waals surface area contributed by atoms with Crippen LogP contribution in [-0.2, 0) is 14.8 Å². The van der Waals surface area contributed by atoms with E-state index in [0.29, 0.717) is 12.2 Å². The number of rotatable bonds is 6. The van der Waals surface area contributed by atoms with Gasteiger partial charge in [-0.05, 0) is 49.7 Å². The maximum atomic E-state index is 13.1. The Bertz CT molecular complexity index is 823.